The van der Waals surface area contributed by atoms with Crippen molar-refractivity contribution in [1.82, 2.24) is 0 Å². The Bertz CT molecular complexity index is 448. The molecule has 0 radical (unpaired) electrons. The molecule has 0 spiro atoms. The summed E-state index contributed by atoms with van der Waals surface area (Å²) in [5.41, 5.74) is 0. The fraction of sp³-hybridized carbons (Fsp3) is 0.750. The molecule has 6 nitrogen and oxygen atoms in total. The van der Waals surface area contributed by atoms with E-state index in [2.05, 4.69) is 6.92 Å². The number of carboxylic acids is 1. The lowest BCUT2D eigenvalue weighted by Crippen LogP contribution is -2.43. The van der Waals surface area contributed by atoms with Gasteiger partial charge in [0.1, 0.15) is 0 Å². The molecular formula is C20H34O6. The van der Waals surface area contributed by atoms with E-state index >= 15 is 0 Å². The number of aliphatic hydroxyl groups is 3. The van der Waals surface area contributed by atoms with Crippen molar-refractivity contribution < 1.29 is 30.0 Å². The summed E-state index contributed by atoms with van der Waals surface area (Å²) < 4.78 is 5.54. The van der Waals surface area contributed by atoms with Crippen LogP contribution in [0.4, 0.5) is 0 Å². The quantitative estimate of drug-likeness (QED) is 0.311. The lowest BCUT2D eigenvalue weighted by Gasteiger charge is -2.36. The number of carbonyl (C=O) groups is 1. The van der Waals surface area contributed by atoms with E-state index < -0.39 is 30.6 Å². The lowest BCUT2D eigenvalue weighted by molar-refractivity contribution is -0.199. The molecule has 1 heterocycles. The molecule has 1 saturated heterocycles. The van der Waals surface area contributed by atoms with Gasteiger partial charge in [-0.05, 0) is 25.7 Å². The maximum absolute atomic E-state index is 10.5. The molecule has 0 aliphatic carbocycles. The van der Waals surface area contributed by atoms with Gasteiger partial charge < -0.3 is 25.2 Å². The number of rotatable bonds is 12. The van der Waals surface area contributed by atoms with Gasteiger partial charge in [-0.2, -0.15) is 0 Å². The number of hydrogen-bond acceptors (Lipinski definition) is 5. The third kappa shape index (κ3) is 9.48. The van der Waals surface area contributed by atoms with Crippen LogP contribution in [0.5, 0.6) is 0 Å². The largest absolute Gasteiger partial charge is 0.481 e. The summed E-state index contributed by atoms with van der Waals surface area (Å²) in [6.45, 7) is 2.11. The summed E-state index contributed by atoms with van der Waals surface area (Å²) in [6.07, 6.45) is 10.5. The molecule has 0 aromatic carbocycles. The first-order valence-corrected chi connectivity index (χ1v) is 9.68. The van der Waals surface area contributed by atoms with E-state index in [1.54, 1.807) is 12.2 Å². The Morgan fingerprint density at radius 1 is 1.23 bits per heavy atom. The molecule has 150 valence electrons. The standard InChI is InChI=1S/C20H34O6/c1-2-3-6-9-15(21)12-13-18-16(17(22)14-20(25)26-18)10-7-4-5-8-11-19(23)24/h4,7,12-13,15-18,20-22,25H,2-3,5-6,8-11,14H2,1H3,(H,23,24)/b7-4-,13-12+/t15?,16?,17?,18-,20?/m1/s1. The highest BCUT2D eigenvalue weighted by Crippen LogP contribution is 2.29. The van der Waals surface area contributed by atoms with E-state index in [4.69, 9.17) is 9.84 Å². The van der Waals surface area contributed by atoms with Gasteiger partial charge in [0.2, 0.25) is 0 Å². The highest BCUT2D eigenvalue weighted by atomic mass is 16.6. The van der Waals surface area contributed by atoms with E-state index in [0.29, 0.717) is 25.7 Å². The fourth-order valence-corrected chi connectivity index (χ4v) is 3.10. The van der Waals surface area contributed by atoms with Crippen molar-refractivity contribution in [3.8, 4) is 0 Å². The van der Waals surface area contributed by atoms with Crippen molar-refractivity contribution in [3.63, 3.8) is 0 Å². The van der Waals surface area contributed by atoms with Gasteiger partial charge in [0, 0.05) is 18.8 Å². The minimum Gasteiger partial charge on any atom is -0.481 e. The van der Waals surface area contributed by atoms with Crippen LogP contribution in [0, 0.1) is 5.92 Å². The smallest absolute Gasteiger partial charge is 0.303 e. The molecule has 0 aromatic rings. The van der Waals surface area contributed by atoms with Crippen molar-refractivity contribution in [2.24, 2.45) is 5.92 Å². The van der Waals surface area contributed by atoms with Crippen LogP contribution in [0.25, 0.3) is 0 Å². The Hall–Kier alpha value is -1.21. The minimum absolute atomic E-state index is 0.146. The fourth-order valence-electron chi connectivity index (χ4n) is 3.10. The maximum atomic E-state index is 10.5. The van der Waals surface area contributed by atoms with Gasteiger partial charge in [0.25, 0.3) is 0 Å². The molecule has 1 fully saturated rings. The third-order valence-electron chi connectivity index (χ3n) is 4.64. The van der Waals surface area contributed by atoms with Crippen LogP contribution in [-0.2, 0) is 9.53 Å². The zero-order chi connectivity index (χ0) is 19.4. The molecule has 4 N–H and O–H groups in total. The number of unbranched alkanes of at least 4 members (excludes halogenated alkanes) is 3. The molecular weight excluding hydrogens is 336 g/mol. The van der Waals surface area contributed by atoms with Gasteiger partial charge in [-0.25, -0.2) is 0 Å². The van der Waals surface area contributed by atoms with Crippen LogP contribution in [0.1, 0.15) is 64.7 Å². The summed E-state index contributed by atoms with van der Waals surface area (Å²) in [7, 11) is 0. The molecule has 6 heteroatoms. The number of carboxylic acid groups (broad SMARTS) is 1. The molecule has 4 unspecified atom stereocenters. The minimum atomic E-state index is -1.01. The van der Waals surface area contributed by atoms with Gasteiger partial charge in [-0.15, -0.1) is 0 Å². The van der Waals surface area contributed by atoms with Crippen LogP contribution in [-0.4, -0.2) is 51.0 Å². The van der Waals surface area contributed by atoms with Gasteiger partial charge in [0.15, 0.2) is 6.29 Å². The Kier molecular flexibility index (Phi) is 11.4. The highest BCUT2D eigenvalue weighted by Gasteiger charge is 2.35. The van der Waals surface area contributed by atoms with E-state index in [1.165, 1.54) is 0 Å². The Morgan fingerprint density at radius 2 is 2.00 bits per heavy atom. The van der Waals surface area contributed by atoms with Crippen LogP contribution < -0.4 is 0 Å². The van der Waals surface area contributed by atoms with Crippen LogP contribution in [0.2, 0.25) is 0 Å². The number of ether oxygens (including phenoxy) is 1. The van der Waals surface area contributed by atoms with E-state index in [1.807, 2.05) is 12.2 Å². The molecule has 0 aromatic heterocycles. The Labute approximate surface area is 156 Å². The number of allylic oxidation sites excluding steroid dienone is 2. The predicted molar refractivity (Wildman–Crippen MR) is 99.5 cm³/mol. The molecule has 1 aliphatic heterocycles. The van der Waals surface area contributed by atoms with Crippen molar-refractivity contribution in [2.75, 3.05) is 0 Å². The molecule has 5 atom stereocenters. The normalized spacial score (nSPS) is 28.0. The van der Waals surface area contributed by atoms with Crippen LogP contribution in [0.15, 0.2) is 24.3 Å². The first-order valence-electron chi connectivity index (χ1n) is 9.68. The average molecular weight is 370 g/mol. The molecule has 1 aliphatic rings. The van der Waals surface area contributed by atoms with Gasteiger partial charge in [-0.1, -0.05) is 50.5 Å². The van der Waals surface area contributed by atoms with Crippen molar-refractivity contribution in [1.29, 1.82) is 0 Å². The molecule has 26 heavy (non-hydrogen) atoms. The number of aliphatic hydroxyl groups excluding tert-OH is 3. The SMILES string of the molecule is CCCCCC(O)/C=C/[C@H]1OC(O)CC(O)C1C/C=C\CCCC(=O)O. The van der Waals surface area contributed by atoms with Crippen molar-refractivity contribution >= 4 is 5.97 Å². The monoisotopic (exact) mass is 370 g/mol. The summed E-state index contributed by atoms with van der Waals surface area (Å²) in [4.78, 5) is 10.5. The van der Waals surface area contributed by atoms with E-state index in [9.17, 15) is 20.1 Å². The topological polar surface area (TPSA) is 107 Å². The predicted octanol–water partition coefficient (Wildman–Crippen LogP) is 2.77. The van der Waals surface area contributed by atoms with Gasteiger partial charge >= 0.3 is 5.97 Å². The maximum Gasteiger partial charge on any atom is 0.303 e. The first-order chi connectivity index (χ1) is 12.4. The van der Waals surface area contributed by atoms with Crippen LogP contribution in [0.3, 0.4) is 0 Å². The summed E-state index contributed by atoms with van der Waals surface area (Å²) in [6, 6.07) is 0. The zero-order valence-corrected chi connectivity index (χ0v) is 15.7. The van der Waals surface area contributed by atoms with Gasteiger partial charge in [-0.3, -0.25) is 4.79 Å². The molecule has 0 amide bonds. The zero-order valence-electron chi connectivity index (χ0n) is 15.7. The average Bonchev–Trinajstić information content (AvgIpc) is 2.57. The van der Waals surface area contributed by atoms with Crippen LogP contribution >= 0.6 is 0 Å². The Balaban J connectivity index is 2.52. The molecule has 0 bridgehead atoms. The number of hydrogen-bond donors (Lipinski definition) is 4. The molecule has 1 rings (SSSR count). The van der Waals surface area contributed by atoms with Gasteiger partial charge in [0.05, 0.1) is 18.3 Å². The second-order valence-electron chi connectivity index (χ2n) is 6.96. The number of aliphatic carboxylic acids is 1. The van der Waals surface area contributed by atoms with Crippen molar-refractivity contribution in [2.45, 2.75) is 89.3 Å². The summed E-state index contributed by atoms with van der Waals surface area (Å²) in [5, 5.41) is 38.7. The third-order valence-corrected chi connectivity index (χ3v) is 4.64. The first kappa shape index (κ1) is 22.8. The second kappa shape index (κ2) is 13.0. The van der Waals surface area contributed by atoms with E-state index in [-0.39, 0.29) is 18.8 Å². The van der Waals surface area contributed by atoms with Crippen molar-refractivity contribution in [3.05, 3.63) is 24.3 Å². The highest BCUT2D eigenvalue weighted by molar-refractivity contribution is 5.66. The van der Waals surface area contributed by atoms with E-state index in [0.717, 1.165) is 19.3 Å². The summed E-state index contributed by atoms with van der Waals surface area (Å²) >= 11 is 0. The summed E-state index contributed by atoms with van der Waals surface area (Å²) in [5.74, 6) is -1.00. The second-order valence-corrected chi connectivity index (χ2v) is 6.96. The Morgan fingerprint density at radius 3 is 2.69 bits per heavy atom. The molecule has 0 saturated carbocycles. The lowest BCUT2D eigenvalue weighted by atomic mass is 9.87.